The summed E-state index contributed by atoms with van der Waals surface area (Å²) >= 11 is 5.60. The first-order valence-corrected chi connectivity index (χ1v) is 5.13. The van der Waals surface area contributed by atoms with E-state index in [0.717, 1.165) is 31.9 Å². The molecule has 0 aliphatic heterocycles. The van der Waals surface area contributed by atoms with Gasteiger partial charge in [-0.25, -0.2) is 0 Å². The molecule has 0 amide bonds. The zero-order valence-corrected chi connectivity index (χ0v) is 8.86. The molecule has 0 aromatic heterocycles. The Morgan fingerprint density at radius 2 is 2.17 bits per heavy atom. The largest absolute Gasteiger partial charge is 0.385 e. The molecule has 2 nitrogen and oxygen atoms in total. The lowest BCUT2D eigenvalue weighted by atomic mass is 10.2. The molecule has 0 saturated heterocycles. The molecule has 0 radical (unpaired) electrons. The Bertz CT molecular complexity index is 90.6. The number of rotatable bonds is 8. The minimum absolute atomic E-state index is 0.546. The highest BCUT2D eigenvalue weighted by molar-refractivity contribution is 6.17. The third-order valence-corrected chi connectivity index (χ3v) is 2.03. The average molecular weight is 194 g/mol. The molecule has 0 spiro atoms. The molecular formula is C9H20ClNO. The van der Waals surface area contributed by atoms with Crippen LogP contribution in [0, 0.1) is 0 Å². The van der Waals surface area contributed by atoms with Crippen molar-refractivity contribution in [3.05, 3.63) is 0 Å². The Hall–Kier alpha value is 0.210. The molecule has 0 aliphatic rings. The summed E-state index contributed by atoms with van der Waals surface area (Å²) in [6.07, 6.45) is 3.36. The maximum Gasteiger partial charge on any atom is 0.0462 e. The van der Waals surface area contributed by atoms with Crippen molar-refractivity contribution >= 4 is 11.6 Å². The third kappa shape index (κ3) is 8.31. The molecule has 0 bridgehead atoms. The lowest BCUT2D eigenvalue weighted by molar-refractivity contribution is 0.192. The molecule has 0 fully saturated rings. The first-order chi connectivity index (χ1) is 5.81. The first kappa shape index (κ1) is 12.2. The zero-order valence-electron chi connectivity index (χ0n) is 8.11. The lowest BCUT2D eigenvalue weighted by Gasteiger charge is -2.11. The Kier molecular flexibility index (Phi) is 9.46. The molecule has 0 aliphatic carbocycles. The summed E-state index contributed by atoms with van der Waals surface area (Å²) in [5.41, 5.74) is 0. The molecule has 1 N–H and O–H groups in total. The van der Waals surface area contributed by atoms with Gasteiger partial charge in [0.05, 0.1) is 0 Å². The molecule has 1 unspecified atom stereocenters. The monoisotopic (exact) mass is 193 g/mol. The van der Waals surface area contributed by atoms with Crippen molar-refractivity contribution < 1.29 is 4.74 Å². The highest BCUT2D eigenvalue weighted by atomic mass is 35.5. The highest BCUT2D eigenvalue weighted by Gasteiger charge is 1.98. The van der Waals surface area contributed by atoms with Gasteiger partial charge in [-0.2, -0.15) is 0 Å². The zero-order chi connectivity index (χ0) is 9.23. The van der Waals surface area contributed by atoms with Crippen LogP contribution in [0.5, 0.6) is 0 Å². The van der Waals surface area contributed by atoms with Gasteiger partial charge in [-0.1, -0.05) is 0 Å². The molecule has 3 heteroatoms. The summed E-state index contributed by atoms with van der Waals surface area (Å²) in [6, 6.07) is 0.546. The van der Waals surface area contributed by atoms with Crippen LogP contribution < -0.4 is 5.32 Å². The number of methoxy groups -OCH3 is 1. The van der Waals surface area contributed by atoms with Crippen LogP contribution in [0.2, 0.25) is 0 Å². The first-order valence-electron chi connectivity index (χ1n) is 4.59. The van der Waals surface area contributed by atoms with Crippen molar-refractivity contribution in [2.45, 2.75) is 32.2 Å². The Morgan fingerprint density at radius 1 is 1.42 bits per heavy atom. The molecule has 0 heterocycles. The summed E-state index contributed by atoms with van der Waals surface area (Å²) in [5, 5.41) is 3.40. The van der Waals surface area contributed by atoms with Crippen molar-refractivity contribution in [2.75, 3.05) is 26.1 Å². The van der Waals surface area contributed by atoms with Crippen molar-refractivity contribution in [3.8, 4) is 0 Å². The van der Waals surface area contributed by atoms with Gasteiger partial charge >= 0.3 is 0 Å². The van der Waals surface area contributed by atoms with Crippen molar-refractivity contribution in [3.63, 3.8) is 0 Å². The van der Waals surface area contributed by atoms with E-state index in [1.807, 2.05) is 0 Å². The summed E-state index contributed by atoms with van der Waals surface area (Å²) < 4.78 is 4.95. The van der Waals surface area contributed by atoms with Gasteiger partial charge in [0.25, 0.3) is 0 Å². The molecule has 0 aromatic rings. The number of ether oxygens (including phenoxy) is 1. The predicted molar refractivity (Wildman–Crippen MR) is 53.9 cm³/mol. The van der Waals surface area contributed by atoms with Crippen LogP contribution in [-0.4, -0.2) is 32.2 Å². The SMILES string of the molecule is COCCCCNC(C)CCCl. The second kappa shape index (κ2) is 9.30. The molecule has 0 rings (SSSR count). The van der Waals surface area contributed by atoms with Gasteiger partial charge in [0, 0.05) is 25.6 Å². The van der Waals surface area contributed by atoms with Gasteiger partial charge < -0.3 is 10.1 Å². The molecule has 12 heavy (non-hydrogen) atoms. The second-order valence-electron chi connectivity index (χ2n) is 3.03. The predicted octanol–water partition coefficient (Wildman–Crippen LogP) is 2.02. The maximum absolute atomic E-state index is 5.60. The normalized spacial score (nSPS) is 13.2. The lowest BCUT2D eigenvalue weighted by Crippen LogP contribution is -2.27. The number of unbranched alkanes of at least 4 members (excludes halogenated alkanes) is 1. The van der Waals surface area contributed by atoms with Crippen LogP contribution in [0.25, 0.3) is 0 Å². The van der Waals surface area contributed by atoms with E-state index in [1.165, 1.54) is 6.42 Å². The van der Waals surface area contributed by atoms with E-state index < -0.39 is 0 Å². The van der Waals surface area contributed by atoms with Crippen LogP contribution in [0.3, 0.4) is 0 Å². The van der Waals surface area contributed by atoms with Gasteiger partial charge in [0.1, 0.15) is 0 Å². The number of alkyl halides is 1. The van der Waals surface area contributed by atoms with E-state index in [2.05, 4.69) is 12.2 Å². The molecule has 0 aromatic carbocycles. The second-order valence-corrected chi connectivity index (χ2v) is 3.41. The number of hydrogen-bond donors (Lipinski definition) is 1. The number of nitrogens with one attached hydrogen (secondary N) is 1. The highest BCUT2D eigenvalue weighted by Crippen LogP contribution is 1.94. The molecule has 1 atom stereocenters. The fourth-order valence-electron chi connectivity index (χ4n) is 0.986. The van der Waals surface area contributed by atoms with Crippen molar-refractivity contribution in [1.29, 1.82) is 0 Å². The number of halogens is 1. The average Bonchev–Trinajstić information content (AvgIpc) is 2.05. The van der Waals surface area contributed by atoms with E-state index in [9.17, 15) is 0 Å². The minimum atomic E-state index is 0.546. The Morgan fingerprint density at radius 3 is 2.75 bits per heavy atom. The van der Waals surface area contributed by atoms with Crippen molar-refractivity contribution in [1.82, 2.24) is 5.32 Å². The summed E-state index contributed by atoms with van der Waals surface area (Å²) in [5.74, 6) is 0.742. The van der Waals surface area contributed by atoms with Crippen LogP contribution in [0.4, 0.5) is 0 Å². The summed E-state index contributed by atoms with van der Waals surface area (Å²) in [7, 11) is 1.74. The standard InChI is InChI=1S/C9H20ClNO/c1-9(5-6-10)11-7-3-4-8-12-2/h9,11H,3-8H2,1-2H3. The molecule has 0 saturated carbocycles. The van der Waals surface area contributed by atoms with Gasteiger partial charge in [-0.15, -0.1) is 11.6 Å². The minimum Gasteiger partial charge on any atom is -0.385 e. The van der Waals surface area contributed by atoms with Gasteiger partial charge in [0.2, 0.25) is 0 Å². The smallest absolute Gasteiger partial charge is 0.0462 e. The topological polar surface area (TPSA) is 21.3 Å². The maximum atomic E-state index is 5.60. The number of hydrogen-bond acceptors (Lipinski definition) is 2. The fourth-order valence-corrected chi connectivity index (χ4v) is 1.31. The molecule has 74 valence electrons. The van der Waals surface area contributed by atoms with Gasteiger partial charge in [-0.3, -0.25) is 0 Å². The summed E-state index contributed by atoms with van der Waals surface area (Å²) in [6.45, 7) is 4.10. The van der Waals surface area contributed by atoms with E-state index in [4.69, 9.17) is 16.3 Å². The van der Waals surface area contributed by atoms with Gasteiger partial charge in [-0.05, 0) is 32.7 Å². The van der Waals surface area contributed by atoms with Crippen LogP contribution in [0.15, 0.2) is 0 Å². The van der Waals surface area contributed by atoms with Crippen LogP contribution >= 0.6 is 11.6 Å². The molecular weight excluding hydrogens is 174 g/mol. The Balaban J connectivity index is 2.97. The van der Waals surface area contributed by atoms with E-state index >= 15 is 0 Å². The Labute approximate surface area is 80.6 Å². The van der Waals surface area contributed by atoms with Crippen LogP contribution in [-0.2, 0) is 4.74 Å². The van der Waals surface area contributed by atoms with Crippen LogP contribution in [0.1, 0.15) is 26.2 Å². The third-order valence-electron chi connectivity index (χ3n) is 1.81. The van der Waals surface area contributed by atoms with E-state index in [1.54, 1.807) is 7.11 Å². The fraction of sp³-hybridized carbons (Fsp3) is 1.00. The van der Waals surface area contributed by atoms with E-state index in [0.29, 0.717) is 6.04 Å². The van der Waals surface area contributed by atoms with Crippen molar-refractivity contribution in [2.24, 2.45) is 0 Å². The van der Waals surface area contributed by atoms with Gasteiger partial charge in [0.15, 0.2) is 0 Å². The summed E-state index contributed by atoms with van der Waals surface area (Å²) in [4.78, 5) is 0. The quantitative estimate of drug-likeness (QED) is 0.471. The van der Waals surface area contributed by atoms with E-state index in [-0.39, 0.29) is 0 Å².